The summed E-state index contributed by atoms with van der Waals surface area (Å²) in [5.74, 6) is -3.14. The van der Waals surface area contributed by atoms with Crippen molar-refractivity contribution in [2.24, 2.45) is 0 Å². The second kappa shape index (κ2) is 7.23. The van der Waals surface area contributed by atoms with Crippen LogP contribution in [0.15, 0.2) is 45.6 Å². The third-order valence-electron chi connectivity index (χ3n) is 4.33. The first-order valence-corrected chi connectivity index (χ1v) is 8.09. The molecule has 28 heavy (non-hydrogen) atoms. The van der Waals surface area contributed by atoms with Gasteiger partial charge in [0, 0.05) is 29.1 Å². The number of phenolic OH excluding ortho intramolecular Hbond substituents is 1. The Morgan fingerprint density at radius 3 is 2.57 bits per heavy atom. The summed E-state index contributed by atoms with van der Waals surface area (Å²) in [7, 11) is 0. The number of hydrogen-bond acceptors (Lipinski definition) is 4. The molecule has 3 aromatic rings. The minimum atomic E-state index is -4.92. The molecule has 3 rings (SSSR count). The molecule has 9 heteroatoms. The minimum absolute atomic E-state index is 0.0322. The smallest absolute Gasteiger partial charge is 0.408 e. The molecule has 0 aliphatic carbocycles. The lowest BCUT2D eigenvalue weighted by Gasteiger charge is -2.23. The molecule has 148 valence electrons. The molecule has 1 aromatic heterocycles. The standard InChI is InChI=1S/C19H14F5NO3/c1-9-14(26)6-5-11-10(7-15(27)28-17(9)11)8-25-18(19(22,23)24)12-3-2-4-13(20)16(12)21/h2-7,18,25-26H,8H2,1H3. The van der Waals surface area contributed by atoms with Crippen LogP contribution in [0.3, 0.4) is 0 Å². The van der Waals surface area contributed by atoms with Crippen molar-refractivity contribution in [1.82, 2.24) is 5.32 Å². The van der Waals surface area contributed by atoms with E-state index in [-0.39, 0.29) is 22.5 Å². The van der Waals surface area contributed by atoms with E-state index in [9.17, 15) is 31.9 Å². The van der Waals surface area contributed by atoms with E-state index in [1.807, 2.05) is 0 Å². The highest BCUT2D eigenvalue weighted by atomic mass is 19.4. The quantitative estimate of drug-likeness (QED) is 0.502. The Bertz CT molecular complexity index is 1090. The molecule has 1 heterocycles. The maximum atomic E-state index is 13.9. The van der Waals surface area contributed by atoms with Gasteiger partial charge in [0.1, 0.15) is 17.4 Å². The second-order valence-electron chi connectivity index (χ2n) is 6.18. The van der Waals surface area contributed by atoms with E-state index >= 15 is 0 Å². The maximum Gasteiger partial charge on any atom is 0.408 e. The van der Waals surface area contributed by atoms with Gasteiger partial charge in [0.2, 0.25) is 0 Å². The van der Waals surface area contributed by atoms with Crippen molar-refractivity contribution >= 4 is 11.0 Å². The first-order valence-electron chi connectivity index (χ1n) is 8.09. The van der Waals surface area contributed by atoms with E-state index in [1.165, 1.54) is 19.1 Å². The number of aromatic hydroxyl groups is 1. The molecule has 0 aliphatic heterocycles. The van der Waals surface area contributed by atoms with Crippen LogP contribution in [0.25, 0.3) is 11.0 Å². The van der Waals surface area contributed by atoms with Gasteiger partial charge in [-0.05, 0) is 30.7 Å². The molecular weight excluding hydrogens is 385 g/mol. The average molecular weight is 399 g/mol. The number of fused-ring (bicyclic) bond motifs is 1. The lowest BCUT2D eigenvalue weighted by molar-refractivity contribution is -0.158. The van der Waals surface area contributed by atoms with Gasteiger partial charge in [-0.1, -0.05) is 12.1 Å². The molecule has 2 N–H and O–H groups in total. The van der Waals surface area contributed by atoms with Crippen molar-refractivity contribution in [3.8, 4) is 5.75 Å². The van der Waals surface area contributed by atoms with Crippen LogP contribution < -0.4 is 10.9 Å². The third kappa shape index (κ3) is 3.70. The fraction of sp³-hybridized carbons (Fsp3) is 0.211. The number of halogens is 5. The summed E-state index contributed by atoms with van der Waals surface area (Å²) in [6.45, 7) is 1.00. The fourth-order valence-electron chi connectivity index (χ4n) is 2.92. The fourth-order valence-corrected chi connectivity index (χ4v) is 2.92. The van der Waals surface area contributed by atoms with Gasteiger partial charge in [-0.25, -0.2) is 13.6 Å². The van der Waals surface area contributed by atoms with Gasteiger partial charge in [0.05, 0.1) is 0 Å². The topological polar surface area (TPSA) is 62.5 Å². The van der Waals surface area contributed by atoms with Crippen LogP contribution in [0.2, 0.25) is 0 Å². The Labute approximate surface area is 155 Å². The van der Waals surface area contributed by atoms with Crippen LogP contribution in [0.1, 0.15) is 22.7 Å². The molecule has 0 saturated heterocycles. The molecule has 0 fully saturated rings. The number of hydrogen-bond donors (Lipinski definition) is 2. The predicted molar refractivity (Wildman–Crippen MR) is 90.9 cm³/mol. The van der Waals surface area contributed by atoms with Gasteiger partial charge >= 0.3 is 11.8 Å². The van der Waals surface area contributed by atoms with Crippen LogP contribution in [0.5, 0.6) is 5.75 Å². The van der Waals surface area contributed by atoms with Crippen LogP contribution >= 0.6 is 0 Å². The van der Waals surface area contributed by atoms with Crippen LogP contribution in [-0.4, -0.2) is 11.3 Å². The number of benzene rings is 2. The lowest BCUT2D eigenvalue weighted by Crippen LogP contribution is -2.35. The van der Waals surface area contributed by atoms with Crippen molar-refractivity contribution in [3.63, 3.8) is 0 Å². The molecule has 0 saturated carbocycles. The van der Waals surface area contributed by atoms with Crippen LogP contribution in [0, 0.1) is 18.6 Å². The zero-order valence-electron chi connectivity index (χ0n) is 14.4. The summed E-state index contributed by atoms with van der Waals surface area (Å²) >= 11 is 0. The highest BCUT2D eigenvalue weighted by molar-refractivity contribution is 5.84. The van der Waals surface area contributed by atoms with Crippen LogP contribution in [0.4, 0.5) is 22.0 Å². The van der Waals surface area contributed by atoms with Gasteiger partial charge in [-0.2, -0.15) is 13.2 Å². The SMILES string of the molecule is Cc1c(O)ccc2c(CNC(c3cccc(F)c3F)C(F)(F)F)cc(=O)oc12. The third-order valence-corrected chi connectivity index (χ3v) is 4.33. The molecule has 0 aliphatic rings. The summed E-state index contributed by atoms with van der Waals surface area (Å²) in [6.07, 6.45) is -4.92. The monoisotopic (exact) mass is 399 g/mol. The molecule has 4 nitrogen and oxygen atoms in total. The van der Waals surface area contributed by atoms with Crippen molar-refractivity contribution in [3.05, 3.63) is 75.1 Å². The summed E-state index contributed by atoms with van der Waals surface area (Å²) in [4.78, 5) is 11.8. The molecule has 0 spiro atoms. The van der Waals surface area contributed by atoms with Crippen LogP contribution in [-0.2, 0) is 6.54 Å². The summed E-state index contributed by atoms with van der Waals surface area (Å²) in [5.41, 5.74) is -1.28. The second-order valence-corrected chi connectivity index (χ2v) is 6.18. The molecule has 0 bridgehead atoms. The number of alkyl halides is 3. The zero-order valence-corrected chi connectivity index (χ0v) is 14.4. The zero-order chi connectivity index (χ0) is 20.6. The summed E-state index contributed by atoms with van der Waals surface area (Å²) in [5, 5.41) is 12.2. The summed E-state index contributed by atoms with van der Waals surface area (Å²) < 4.78 is 72.7. The Hall–Kier alpha value is -2.94. The molecule has 2 aromatic carbocycles. The van der Waals surface area contributed by atoms with Gasteiger partial charge in [0.15, 0.2) is 11.6 Å². The largest absolute Gasteiger partial charge is 0.508 e. The molecule has 0 amide bonds. The first kappa shape index (κ1) is 19.8. The predicted octanol–water partition coefficient (Wildman–Crippen LogP) is 4.48. The molecule has 0 radical (unpaired) electrons. The van der Waals surface area contributed by atoms with Gasteiger partial charge in [0.25, 0.3) is 0 Å². The van der Waals surface area contributed by atoms with Crippen molar-refractivity contribution in [1.29, 1.82) is 0 Å². The van der Waals surface area contributed by atoms with Crippen molar-refractivity contribution in [2.45, 2.75) is 25.7 Å². The van der Waals surface area contributed by atoms with E-state index in [0.717, 1.165) is 24.3 Å². The van der Waals surface area contributed by atoms with E-state index in [0.29, 0.717) is 5.39 Å². The number of nitrogens with one attached hydrogen (secondary N) is 1. The lowest BCUT2D eigenvalue weighted by atomic mass is 10.0. The highest BCUT2D eigenvalue weighted by Crippen LogP contribution is 2.35. The Balaban J connectivity index is 2.02. The first-order chi connectivity index (χ1) is 13.1. The van der Waals surface area contributed by atoms with Crippen molar-refractivity contribution < 1.29 is 31.5 Å². The molecular formula is C19H14F5NO3. The van der Waals surface area contributed by atoms with E-state index in [1.54, 1.807) is 0 Å². The normalized spacial score (nSPS) is 13.1. The van der Waals surface area contributed by atoms with Gasteiger partial charge in [-0.15, -0.1) is 0 Å². The maximum absolute atomic E-state index is 13.9. The highest BCUT2D eigenvalue weighted by Gasteiger charge is 2.42. The van der Waals surface area contributed by atoms with E-state index in [2.05, 4.69) is 5.32 Å². The van der Waals surface area contributed by atoms with E-state index in [4.69, 9.17) is 4.42 Å². The van der Waals surface area contributed by atoms with E-state index < -0.39 is 41.6 Å². The molecule has 1 atom stereocenters. The summed E-state index contributed by atoms with van der Waals surface area (Å²) in [6, 6.07) is 3.75. The molecule has 1 unspecified atom stereocenters. The average Bonchev–Trinajstić information content (AvgIpc) is 2.61. The Morgan fingerprint density at radius 2 is 1.89 bits per heavy atom. The Morgan fingerprint density at radius 1 is 1.18 bits per heavy atom. The Kier molecular flexibility index (Phi) is 5.12. The minimum Gasteiger partial charge on any atom is -0.508 e. The van der Waals surface area contributed by atoms with Crippen molar-refractivity contribution in [2.75, 3.05) is 0 Å². The number of rotatable bonds is 4. The number of phenols is 1. The number of aryl methyl sites for hydroxylation is 1. The van der Waals surface area contributed by atoms with Gasteiger partial charge < -0.3 is 9.52 Å². The van der Waals surface area contributed by atoms with Gasteiger partial charge in [-0.3, -0.25) is 5.32 Å².